The van der Waals surface area contributed by atoms with Crippen LogP contribution in [0.5, 0.6) is 0 Å². The van der Waals surface area contributed by atoms with Gasteiger partial charge in [0.15, 0.2) is 0 Å². The van der Waals surface area contributed by atoms with Crippen LogP contribution in [0, 0.1) is 5.92 Å². The van der Waals surface area contributed by atoms with Crippen LogP contribution in [0.1, 0.15) is 27.2 Å². The first-order valence-corrected chi connectivity index (χ1v) is 6.69. The van der Waals surface area contributed by atoms with E-state index in [2.05, 4.69) is 31.4 Å². The molecule has 2 atom stereocenters. The van der Waals surface area contributed by atoms with Crippen LogP contribution in [0.4, 0.5) is 5.69 Å². The van der Waals surface area contributed by atoms with Crippen molar-refractivity contribution < 1.29 is 4.79 Å². The fourth-order valence-corrected chi connectivity index (χ4v) is 1.77. The Hall–Kier alpha value is -1.06. The summed E-state index contributed by atoms with van der Waals surface area (Å²) < 4.78 is 0. The number of amides is 1. The van der Waals surface area contributed by atoms with Crippen molar-refractivity contribution in [3.63, 3.8) is 0 Å². The van der Waals surface area contributed by atoms with E-state index >= 15 is 0 Å². The van der Waals surface area contributed by atoms with Gasteiger partial charge in [0.2, 0.25) is 5.91 Å². The van der Waals surface area contributed by atoms with Gasteiger partial charge in [-0.15, -0.1) is 0 Å². The van der Waals surface area contributed by atoms with Crippen LogP contribution in [0.15, 0.2) is 24.3 Å². The molecule has 2 N–H and O–H groups in total. The minimum absolute atomic E-state index is 0.0487. The molecule has 0 aliphatic carbocycles. The summed E-state index contributed by atoms with van der Waals surface area (Å²) in [5.41, 5.74) is 0.727. The van der Waals surface area contributed by atoms with Crippen molar-refractivity contribution in [2.75, 3.05) is 11.9 Å². The Morgan fingerprint density at radius 3 is 2.72 bits per heavy atom. The number of carbonyl (C=O) groups is 1. The standard InChI is InChI=1S/C14H21ClN2O/c1-4-10(2)11(3)16-9-14(18)17-13-7-5-6-12(15)8-13/h5-8,10-11,16H,4,9H2,1-3H3,(H,17,18). The number of hydrogen-bond acceptors (Lipinski definition) is 2. The third kappa shape index (κ3) is 5.07. The number of benzene rings is 1. The molecule has 0 bridgehead atoms. The van der Waals surface area contributed by atoms with Crippen LogP contribution in [0.25, 0.3) is 0 Å². The van der Waals surface area contributed by atoms with Crippen molar-refractivity contribution in [2.24, 2.45) is 5.92 Å². The Bertz CT molecular complexity index is 395. The summed E-state index contributed by atoms with van der Waals surface area (Å²) in [4.78, 5) is 11.7. The summed E-state index contributed by atoms with van der Waals surface area (Å²) in [6.07, 6.45) is 1.10. The quantitative estimate of drug-likeness (QED) is 0.831. The topological polar surface area (TPSA) is 41.1 Å². The third-order valence-corrected chi connectivity index (χ3v) is 3.43. The molecule has 0 saturated heterocycles. The van der Waals surface area contributed by atoms with Crippen molar-refractivity contribution in [3.05, 3.63) is 29.3 Å². The molecule has 0 spiro atoms. The zero-order valence-electron chi connectivity index (χ0n) is 11.2. The number of rotatable bonds is 6. The average molecular weight is 269 g/mol. The molecule has 3 nitrogen and oxygen atoms in total. The Balaban J connectivity index is 2.38. The van der Waals surface area contributed by atoms with Gasteiger partial charge in [0.05, 0.1) is 6.54 Å². The zero-order chi connectivity index (χ0) is 13.5. The highest BCUT2D eigenvalue weighted by Crippen LogP contribution is 2.14. The molecule has 1 aromatic carbocycles. The van der Waals surface area contributed by atoms with Crippen LogP contribution in [-0.4, -0.2) is 18.5 Å². The first-order valence-electron chi connectivity index (χ1n) is 6.31. The molecule has 0 aliphatic heterocycles. The molecule has 1 rings (SSSR count). The molecule has 0 heterocycles. The highest BCUT2D eigenvalue weighted by atomic mass is 35.5. The second kappa shape index (κ2) is 7.39. The Labute approximate surface area is 114 Å². The highest BCUT2D eigenvalue weighted by molar-refractivity contribution is 6.30. The SMILES string of the molecule is CCC(C)C(C)NCC(=O)Nc1cccc(Cl)c1. The molecular formula is C14H21ClN2O. The third-order valence-electron chi connectivity index (χ3n) is 3.19. The van der Waals surface area contributed by atoms with Gasteiger partial charge < -0.3 is 10.6 Å². The van der Waals surface area contributed by atoms with Crippen LogP contribution in [0.2, 0.25) is 5.02 Å². The lowest BCUT2D eigenvalue weighted by Gasteiger charge is -2.19. The molecule has 18 heavy (non-hydrogen) atoms. The van der Waals surface area contributed by atoms with E-state index < -0.39 is 0 Å². The predicted octanol–water partition coefficient (Wildman–Crippen LogP) is 3.30. The van der Waals surface area contributed by atoms with Gasteiger partial charge in [0, 0.05) is 16.8 Å². The Morgan fingerprint density at radius 1 is 1.39 bits per heavy atom. The van der Waals surface area contributed by atoms with E-state index in [1.165, 1.54) is 0 Å². The summed E-state index contributed by atoms with van der Waals surface area (Å²) in [6, 6.07) is 7.48. The maximum atomic E-state index is 11.7. The fourth-order valence-electron chi connectivity index (χ4n) is 1.58. The summed E-state index contributed by atoms with van der Waals surface area (Å²) in [5.74, 6) is 0.511. The molecule has 1 aromatic rings. The van der Waals surface area contributed by atoms with Gasteiger partial charge in [0.25, 0.3) is 0 Å². The lowest BCUT2D eigenvalue weighted by atomic mass is 10.0. The second-order valence-electron chi connectivity index (χ2n) is 4.61. The number of carbonyl (C=O) groups excluding carboxylic acids is 1. The fraction of sp³-hybridized carbons (Fsp3) is 0.500. The lowest BCUT2D eigenvalue weighted by molar-refractivity contribution is -0.115. The minimum Gasteiger partial charge on any atom is -0.325 e. The van der Waals surface area contributed by atoms with Crippen molar-refractivity contribution in [1.82, 2.24) is 5.32 Å². The van der Waals surface area contributed by atoms with Gasteiger partial charge in [-0.2, -0.15) is 0 Å². The molecule has 0 aliphatic rings. The molecular weight excluding hydrogens is 248 g/mol. The van der Waals surface area contributed by atoms with Crippen molar-refractivity contribution >= 4 is 23.2 Å². The number of anilines is 1. The molecule has 1 amide bonds. The summed E-state index contributed by atoms with van der Waals surface area (Å²) in [7, 11) is 0. The minimum atomic E-state index is -0.0487. The predicted molar refractivity (Wildman–Crippen MR) is 77.0 cm³/mol. The normalized spacial score (nSPS) is 14.0. The van der Waals surface area contributed by atoms with Crippen LogP contribution in [-0.2, 0) is 4.79 Å². The van der Waals surface area contributed by atoms with E-state index in [0.717, 1.165) is 12.1 Å². The second-order valence-corrected chi connectivity index (χ2v) is 5.05. The molecule has 100 valence electrons. The molecule has 0 fully saturated rings. The molecule has 2 unspecified atom stereocenters. The highest BCUT2D eigenvalue weighted by Gasteiger charge is 2.11. The van der Waals surface area contributed by atoms with Crippen LogP contribution < -0.4 is 10.6 Å². The first kappa shape index (κ1) is 15.0. The van der Waals surface area contributed by atoms with Gasteiger partial charge in [-0.25, -0.2) is 0 Å². The van der Waals surface area contributed by atoms with Gasteiger partial charge in [-0.3, -0.25) is 4.79 Å². The Kier molecular flexibility index (Phi) is 6.16. The van der Waals surface area contributed by atoms with E-state index in [1.54, 1.807) is 12.1 Å². The van der Waals surface area contributed by atoms with Crippen molar-refractivity contribution in [1.29, 1.82) is 0 Å². The van der Waals surface area contributed by atoms with Gasteiger partial charge >= 0.3 is 0 Å². The van der Waals surface area contributed by atoms with E-state index in [9.17, 15) is 4.79 Å². The molecule has 0 aromatic heterocycles. The van der Waals surface area contributed by atoms with Gasteiger partial charge in [0.1, 0.15) is 0 Å². The van der Waals surface area contributed by atoms with E-state index in [0.29, 0.717) is 23.5 Å². The number of hydrogen-bond donors (Lipinski definition) is 2. The summed E-state index contributed by atoms with van der Waals surface area (Å²) in [6.45, 7) is 6.74. The van der Waals surface area contributed by atoms with Gasteiger partial charge in [-0.1, -0.05) is 37.9 Å². The monoisotopic (exact) mass is 268 g/mol. The molecule has 4 heteroatoms. The van der Waals surface area contributed by atoms with Crippen LogP contribution in [0.3, 0.4) is 0 Å². The smallest absolute Gasteiger partial charge is 0.238 e. The maximum Gasteiger partial charge on any atom is 0.238 e. The van der Waals surface area contributed by atoms with E-state index in [-0.39, 0.29) is 5.91 Å². The molecule has 0 saturated carbocycles. The summed E-state index contributed by atoms with van der Waals surface area (Å²) >= 11 is 5.85. The first-order chi connectivity index (χ1) is 8.52. The van der Waals surface area contributed by atoms with Gasteiger partial charge in [-0.05, 0) is 31.0 Å². The number of halogens is 1. The summed E-state index contributed by atoms with van der Waals surface area (Å²) in [5, 5.41) is 6.65. The molecule has 0 radical (unpaired) electrons. The van der Waals surface area contributed by atoms with E-state index in [4.69, 9.17) is 11.6 Å². The number of nitrogens with one attached hydrogen (secondary N) is 2. The lowest BCUT2D eigenvalue weighted by Crippen LogP contribution is -2.37. The van der Waals surface area contributed by atoms with Crippen molar-refractivity contribution in [3.8, 4) is 0 Å². The maximum absolute atomic E-state index is 11.7. The average Bonchev–Trinajstić information content (AvgIpc) is 2.35. The largest absolute Gasteiger partial charge is 0.325 e. The zero-order valence-corrected chi connectivity index (χ0v) is 11.9. The van der Waals surface area contributed by atoms with Crippen LogP contribution >= 0.6 is 11.6 Å². The Morgan fingerprint density at radius 2 is 2.11 bits per heavy atom. The van der Waals surface area contributed by atoms with Crippen molar-refractivity contribution in [2.45, 2.75) is 33.2 Å². The van der Waals surface area contributed by atoms with E-state index in [1.807, 2.05) is 12.1 Å².